The summed E-state index contributed by atoms with van der Waals surface area (Å²) in [6.07, 6.45) is 0. The molecule has 0 radical (unpaired) electrons. The van der Waals surface area contributed by atoms with E-state index in [1.54, 1.807) is 0 Å². The molecule has 0 fully saturated rings. The van der Waals surface area contributed by atoms with Crippen LogP contribution in [0.25, 0.3) is 0 Å². The second-order valence-electron chi connectivity index (χ2n) is 0.513. The fourth-order valence-corrected chi connectivity index (χ4v) is 0. The van der Waals surface area contributed by atoms with E-state index in [4.69, 9.17) is 19.2 Å². The third kappa shape index (κ3) is 386. The lowest BCUT2D eigenvalue weighted by molar-refractivity contribution is 0.275. The summed E-state index contributed by atoms with van der Waals surface area (Å²) < 4.78 is 8.88. The maximum absolute atomic E-state index is 8.88. The van der Waals surface area contributed by atoms with Gasteiger partial charge < -0.3 is 14.7 Å². The highest BCUT2D eigenvalue weighted by molar-refractivity contribution is 7.45. The van der Waals surface area contributed by atoms with Crippen molar-refractivity contribution in [2.45, 2.75) is 0 Å². The minimum atomic E-state index is -4.64. The maximum Gasteiger partial charge on any atom is 0.466 e. The van der Waals surface area contributed by atoms with Crippen molar-refractivity contribution in [1.82, 2.24) is 0 Å². The second-order valence-corrected chi connectivity index (χ2v) is 1.54. The van der Waals surface area contributed by atoms with Crippen molar-refractivity contribution in [1.29, 1.82) is 0 Å². The summed E-state index contributed by atoms with van der Waals surface area (Å²) in [5.41, 5.74) is 0. The average molecular weight is 334 g/mol. The van der Waals surface area contributed by atoms with Crippen molar-refractivity contribution < 1.29 is 23.9 Å². The first-order chi connectivity index (χ1) is 2.00. The minimum Gasteiger partial charge on any atom is -0.303 e. The van der Waals surface area contributed by atoms with Gasteiger partial charge in [-0.1, -0.05) is 0 Å². The Labute approximate surface area is 104 Å². The molecule has 4 nitrogen and oxygen atoms in total. The van der Waals surface area contributed by atoms with Crippen LogP contribution in [0.2, 0.25) is 0 Å². The van der Waals surface area contributed by atoms with Gasteiger partial charge in [0.15, 0.2) is 0 Å². The Balaban J connectivity index is -0.00000000381. The fraction of sp³-hybridized carbons (Fsp3) is 0. The number of hydrogen-bond donors (Lipinski definition) is 3. The normalized spacial score (nSPS) is 4.92. The highest BCUT2D eigenvalue weighted by atomic mass is 35.5. The van der Waals surface area contributed by atoms with E-state index in [1.807, 2.05) is 0 Å². The van der Waals surface area contributed by atoms with Crippen LogP contribution in [0.1, 0.15) is 0 Å². The molecule has 0 aromatic rings. The molecule has 1 unspecified atom stereocenters. The topological polar surface area (TPSA) is 77.8 Å². The standard InChI is InChI=1S/5ClH.FH.H3O4P.H3P/c;;;;;;1-5(2,3)4;/h6*1H;(H3,1,2,3,4);1H3. The van der Waals surface area contributed by atoms with E-state index in [0.29, 0.717) is 0 Å². The highest BCUT2D eigenvalue weighted by Crippen LogP contribution is 2.25. The predicted octanol–water partition coefficient (Wildman–Crippen LogP) is 1.39. The molecule has 0 saturated carbocycles. The maximum atomic E-state index is 8.88. The number of hydrogen-bond acceptors (Lipinski definition) is 1. The van der Waals surface area contributed by atoms with Gasteiger partial charge in [-0.3, -0.25) is 4.70 Å². The molecule has 12 heavy (non-hydrogen) atoms. The lowest BCUT2D eigenvalue weighted by Gasteiger charge is -1.82. The van der Waals surface area contributed by atoms with Gasteiger partial charge >= 0.3 is 7.82 Å². The summed E-state index contributed by atoms with van der Waals surface area (Å²) in [4.78, 5) is 21.6. The summed E-state index contributed by atoms with van der Waals surface area (Å²) >= 11 is 0. The van der Waals surface area contributed by atoms with Gasteiger partial charge in [-0.2, -0.15) is 9.90 Å². The number of rotatable bonds is 0. The summed E-state index contributed by atoms with van der Waals surface area (Å²) in [7, 11) is -4.64. The Bertz CT molecular complexity index is 67.6. The van der Waals surface area contributed by atoms with Crippen LogP contribution in [0.5, 0.6) is 0 Å². The summed E-state index contributed by atoms with van der Waals surface area (Å²) in [6.45, 7) is 0. The van der Waals surface area contributed by atoms with Crippen molar-refractivity contribution in [3.8, 4) is 0 Å². The molecule has 0 aliphatic rings. The van der Waals surface area contributed by atoms with Crippen LogP contribution in [0.15, 0.2) is 0 Å². The zero-order valence-corrected chi connectivity index (χ0v) is 11.7. The van der Waals surface area contributed by atoms with Crippen molar-refractivity contribution in [2.24, 2.45) is 0 Å². The van der Waals surface area contributed by atoms with Crippen LogP contribution < -0.4 is 0 Å². The van der Waals surface area contributed by atoms with Gasteiger partial charge in [-0.05, 0) is 0 Å². The molecule has 3 N–H and O–H groups in total. The first kappa shape index (κ1) is 66.3. The molecular weight excluding hydrogens is 322 g/mol. The van der Waals surface area contributed by atoms with Crippen molar-refractivity contribution in [2.75, 3.05) is 0 Å². The smallest absolute Gasteiger partial charge is 0.303 e. The highest BCUT2D eigenvalue weighted by Gasteiger charge is 2.00. The zero-order chi connectivity index (χ0) is 4.50. The van der Waals surface area contributed by atoms with E-state index >= 15 is 0 Å². The lowest BCUT2D eigenvalue weighted by Crippen LogP contribution is -1.66. The van der Waals surface area contributed by atoms with E-state index in [2.05, 4.69) is 0 Å². The molecule has 1 atom stereocenters. The molecule has 0 aromatic heterocycles. The fourth-order valence-electron chi connectivity index (χ4n) is 0. The lowest BCUT2D eigenvalue weighted by atomic mass is 15.8. The Kier molecular flexibility index (Phi) is 162. The first-order valence-corrected chi connectivity index (χ1v) is 2.35. The number of halogens is 6. The third-order valence-corrected chi connectivity index (χ3v) is 0. The third-order valence-electron chi connectivity index (χ3n) is 0. The van der Waals surface area contributed by atoms with Crippen LogP contribution in [0.4, 0.5) is 4.70 Å². The van der Waals surface area contributed by atoms with Gasteiger partial charge in [0.05, 0.1) is 0 Å². The molecule has 12 heteroatoms. The van der Waals surface area contributed by atoms with E-state index < -0.39 is 7.82 Å². The second kappa shape index (κ2) is 29.3. The monoisotopic (exact) mass is 332 g/mol. The van der Waals surface area contributed by atoms with Crippen LogP contribution in [-0.2, 0) is 4.57 Å². The van der Waals surface area contributed by atoms with Crippen molar-refractivity contribution in [3.05, 3.63) is 0 Å². The summed E-state index contributed by atoms with van der Waals surface area (Å²) in [5.74, 6) is 0. The molecule has 0 rings (SSSR count). The Morgan fingerprint density at radius 3 is 0.750 bits per heavy atom. The molecular formula is H12Cl5FO4P2. The van der Waals surface area contributed by atoms with E-state index in [0.717, 1.165) is 0 Å². The van der Waals surface area contributed by atoms with Gasteiger partial charge in [0.2, 0.25) is 0 Å². The molecule has 0 aliphatic heterocycles. The summed E-state index contributed by atoms with van der Waals surface area (Å²) in [6, 6.07) is 0. The average Bonchev–Trinajstić information content (AvgIpc) is 0.722. The van der Waals surface area contributed by atoms with Crippen LogP contribution in [-0.4, -0.2) is 14.7 Å². The van der Waals surface area contributed by atoms with Gasteiger partial charge in [-0.15, -0.1) is 62.0 Å². The van der Waals surface area contributed by atoms with E-state index in [9.17, 15) is 0 Å². The van der Waals surface area contributed by atoms with Gasteiger partial charge in [0.25, 0.3) is 0 Å². The summed E-state index contributed by atoms with van der Waals surface area (Å²) in [5, 5.41) is 0. The molecule has 0 aromatic carbocycles. The van der Waals surface area contributed by atoms with Crippen LogP contribution in [0, 0.1) is 0 Å². The molecule has 0 saturated heterocycles. The molecule has 0 heterocycles. The van der Waals surface area contributed by atoms with Crippen molar-refractivity contribution in [3.63, 3.8) is 0 Å². The molecule has 0 amide bonds. The zero-order valence-electron chi connectivity index (χ0n) is 5.35. The molecule has 0 aliphatic carbocycles. The van der Waals surface area contributed by atoms with Gasteiger partial charge in [0, 0.05) is 0 Å². The van der Waals surface area contributed by atoms with E-state index in [1.165, 1.54) is 0 Å². The SMILES string of the molecule is Cl.Cl.Cl.Cl.Cl.F.O=P(O)(O)O.P. The Morgan fingerprint density at radius 2 is 0.750 bits per heavy atom. The van der Waals surface area contributed by atoms with Gasteiger partial charge in [0.1, 0.15) is 0 Å². The molecule has 0 spiro atoms. The molecule has 88 valence electrons. The van der Waals surface area contributed by atoms with Crippen molar-refractivity contribution >= 4 is 79.8 Å². The largest absolute Gasteiger partial charge is 0.466 e. The minimum absolute atomic E-state index is 0. The Morgan fingerprint density at radius 1 is 0.750 bits per heavy atom. The van der Waals surface area contributed by atoms with E-state index in [-0.39, 0.29) is 76.6 Å². The first-order valence-electron chi connectivity index (χ1n) is 0.783. The molecule has 0 bridgehead atoms. The Hall–Kier alpha value is 1.92. The van der Waals surface area contributed by atoms with Gasteiger partial charge in [-0.25, -0.2) is 4.57 Å². The van der Waals surface area contributed by atoms with Crippen LogP contribution in [0.3, 0.4) is 0 Å². The number of phosphoric acid groups is 1. The quantitative estimate of drug-likeness (QED) is 0.585. The predicted molar refractivity (Wildman–Crippen MR) is 64.1 cm³/mol. The van der Waals surface area contributed by atoms with Crippen LogP contribution >= 0.6 is 79.8 Å².